The van der Waals surface area contributed by atoms with Crippen LogP contribution in [-0.2, 0) is 13.1 Å². The molecule has 1 heterocycles. The van der Waals surface area contributed by atoms with Crippen molar-refractivity contribution in [2.24, 2.45) is 0 Å². The monoisotopic (exact) mass is 375 g/mol. The molecule has 0 unspecified atom stereocenters. The van der Waals surface area contributed by atoms with Gasteiger partial charge in [-0.15, -0.1) is 0 Å². The maximum atomic E-state index is 11.9. The van der Waals surface area contributed by atoms with E-state index in [4.69, 9.17) is 4.74 Å². The number of carbonyl (C=O) groups is 1. The summed E-state index contributed by atoms with van der Waals surface area (Å²) in [6, 6.07) is 21.9. The summed E-state index contributed by atoms with van der Waals surface area (Å²) in [5.41, 5.74) is 3.01. The summed E-state index contributed by atoms with van der Waals surface area (Å²) >= 11 is 0. The minimum Gasteiger partial charge on any atom is -0.494 e. The Kier molecular flexibility index (Phi) is 7.58. The number of hydrogen-bond acceptors (Lipinski definition) is 4. The van der Waals surface area contributed by atoms with Crippen LogP contribution in [-0.4, -0.2) is 24.0 Å². The van der Waals surface area contributed by atoms with Crippen molar-refractivity contribution < 1.29 is 9.53 Å². The molecule has 0 saturated heterocycles. The number of ether oxygens (including phenoxy) is 1. The SMILES string of the molecule is O=C(NCCCOc1cccc(CNCc2ccccc2)c1)c1cccnc1. The minimum absolute atomic E-state index is 0.111. The number of aromatic nitrogens is 1. The Morgan fingerprint density at radius 1 is 0.929 bits per heavy atom. The molecule has 0 spiro atoms. The lowest BCUT2D eigenvalue weighted by Crippen LogP contribution is -2.25. The van der Waals surface area contributed by atoms with Crippen molar-refractivity contribution in [1.29, 1.82) is 0 Å². The van der Waals surface area contributed by atoms with Gasteiger partial charge in [-0.25, -0.2) is 0 Å². The number of rotatable bonds is 10. The molecule has 1 amide bonds. The molecule has 2 aromatic carbocycles. The van der Waals surface area contributed by atoms with Crippen LogP contribution in [0.1, 0.15) is 27.9 Å². The summed E-state index contributed by atoms with van der Waals surface area (Å²) in [4.78, 5) is 15.9. The fourth-order valence-corrected chi connectivity index (χ4v) is 2.76. The van der Waals surface area contributed by atoms with Gasteiger partial charge in [0, 0.05) is 32.0 Å². The van der Waals surface area contributed by atoms with Crippen molar-refractivity contribution >= 4 is 5.91 Å². The third-order valence-electron chi connectivity index (χ3n) is 4.20. The maximum absolute atomic E-state index is 11.9. The van der Waals surface area contributed by atoms with Gasteiger partial charge in [-0.1, -0.05) is 42.5 Å². The molecule has 5 nitrogen and oxygen atoms in total. The molecule has 28 heavy (non-hydrogen) atoms. The van der Waals surface area contributed by atoms with Crippen molar-refractivity contribution in [3.05, 3.63) is 95.8 Å². The summed E-state index contributed by atoms with van der Waals surface area (Å²) in [5.74, 6) is 0.734. The fraction of sp³-hybridized carbons (Fsp3) is 0.217. The van der Waals surface area contributed by atoms with E-state index in [1.807, 2.05) is 36.4 Å². The summed E-state index contributed by atoms with van der Waals surface area (Å²) in [6.07, 6.45) is 3.95. The zero-order chi connectivity index (χ0) is 19.4. The van der Waals surface area contributed by atoms with E-state index in [0.717, 1.165) is 25.3 Å². The standard InChI is InChI=1S/C23H25N3O2/c27-23(21-10-5-12-24-18-21)26-13-6-14-28-22-11-4-9-20(15-22)17-25-16-19-7-2-1-3-8-19/h1-5,7-12,15,18,25H,6,13-14,16-17H2,(H,26,27). The molecule has 0 aliphatic heterocycles. The van der Waals surface area contributed by atoms with Crippen LogP contribution < -0.4 is 15.4 Å². The van der Waals surface area contributed by atoms with Gasteiger partial charge in [0.1, 0.15) is 5.75 Å². The van der Waals surface area contributed by atoms with Crippen LogP contribution in [0.25, 0.3) is 0 Å². The third-order valence-corrected chi connectivity index (χ3v) is 4.20. The molecule has 0 fully saturated rings. The van der Waals surface area contributed by atoms with Crippen molar-refractivity contribution in [1.82, 2.24) is 15.6 Å². The first kappa shape index (κ1) is 19.6. The quantitative estimate of drug-likeness (QED) is 0.532. The molecule has 3 aromatic rings. The van der Waals surface area contributed by atoms with Crippen LogP contribution in [0.15, 0.2) is 79.1 Å². The predicted octanol–water partition coefficient (Wildman–Crippen LogP) is 3.57. The highest BCUT2D eigenvalue weighted by Gasteiger charge is 2.04. The lowest BCUT2D eigenvalue weighted by atomic mass is 10.2. The van der Waals surface area contributed by atoms with E-state index in [1.165, 1.54) is 11.1 Å². The smallest absolute Gasteiger partial charge is 0.252 e. The molecule has 1 aromatic heterocycles. The van der Waals surface area contributed by atoms with Gasteiger partial charge in [0.15, 0.2) is 0 Å². The van der Waals surface area contributed by atoms with Crippen LogP contribution in [0.5, 0.6) is 5.75 Å². The van der Waals surface area contributed by atoms with Gasteiger partial charge in [0.25, 0.3) is 5.91 Å². The zero-order valence-corrected chi connectivity index (χ0v) is 15.8. The Balaban J connectivity index is 1.34. The number of hydrogen-bond donors (Lipinski definition) is 2. The van der Waals surface area contributed by atoms with Gasteiger partial charge in [0.05, 0.1) is 12.2 Å². The van der Waals surface area contributed by atoms with E-state index in [0.29, 0.717) is 18.7 Å². The largest absolute Gasteiger partial charge is 0.494 e. The lowest BCUT2D eigenvalue weighted by Gasteiger charge is -2.10. The van der Waals surface area contributed by atoms with Gasteiger partial charge in [0.2, 0.25) is 0 Å². The highest BCUT2D eigenvalue weighted by molar-refractivity contribution is 5.93. The van der Waals surface area contributed by atoms with Crippen LogP contribution in [0.3, 0.4) is 0 Å². The second kappa shape index (κ2) is 10.8. The molecule has 0 saturated carbocycles. The van der Waals surface area contributed by atoms with Crippen LogP contribution in [0, 0.1) is 0 Å². The van der Waals surface area contributed by atoms with Crippen LogP contribution in [0.4, 0.5) is 0 Å². The van der Waals surface area contributed by atoms with E-state index in [1.54, 1.807) is 24.5 Å². The highest BCUT2D eigenvalue weighted by atomic mass is 16.5. The summed E-state index contributed by atoms with van der Waals surface area (Å²) in [5, 5.41) is 6.31. The first-order valence-electron chi connectivity index (χ1n) is 9.46. The number of pyridine rings is 1. The van der Waals surface area contributed by atoms with Gasteiger partial charge in [-0.05, 0) is 41.8 Å². The Labute approximate surface area is 165 Å². The van der Waals surface area contributed by atoms with Gasteiger partial charge >= 0.3 is 0 Å². The molecular formula is C23H25N3O2. The Morgan fingerprint density at radius 2 is 1.75 bits per heavy atom. The number of amides is 1. The molecule has 0 radical (unpaired) electrons. The van der Waals surface area contributed by atoms with E-state index < -0.39 is 0 Å². The first-order chi connectivity index (χ1) is 13.8. The van der Waals surface area contributed by atoms with Crippen molar-refractivity contribution in [3.63, 3.8) is 0 Å². The first-order valence-corrected chi connectivity index (χ1v) is 9.46. The van der Waals surface area contributed by atoms with E-state index in [-0.39, 0.29) is 5.91 Å². The molecule has 0 bridgehead atoms. The van der Waals surface area contributed by atoms with Crippen LogP contribution in [0.2, 0.25) is 0 Å². The van der Waals surface area contributed by atoms with Gasteiger partial charge in [-0.2, -0.15) is 0 Å². The lowest BCUT2D eigenvalue weighted by molar-refractivity contribution is 0.0951. The number of carbonyl (C=O) groups excluding carboxylic acids is 1. The van der Waals surface area contributed by atoms with Gasteiger partial charge in [-0.3, -0.25) is 9.78 Å². The fourth-order valence-electron chi connectivity index (χ4n) is 2.76. The number of nitrogens with one attached hydrogen (secondary N) is 2. The maximum Gasteiger partial charge on any atom is 0.252 e. The number of nitrogens with zero attached hydrogens (tertiary/aromatic N) is 1. The molecule has 144 valence electrons. The molecule has 5 heteroatoms. The van der Waals surface area contributed by atoms with E-state index >= 15 is 0 Å². The Morgan fingerprint density at radius 3 is 2.57 bits per heavy atom. The third kappa shape index (κ3) is 6.52. The molecule has 3 rings (SSSR count). The average Bonchev–Trinajstić information content (AvgIpc) is 2.75. The Hall–Kier alpha value is -3.18. The van der Waals surface area contributed by atoms with Crippen molar-refractivity contribution in [2.45, 2.75) is 19.5 Å². The average molecular weight is 375 g/mol. The minimum atomic E-state index is -0.111. The van der Waals surface area contributed by atoms with E-state index in [2.05, 4.69) is 33.8 Å². The summed E-state index contributed by atoms with van der Waals surface area (Å²) < 4.78 is 5.81. The van der Waals surface area contributed by atoms with Crippen molar-refractivity contribution in [2.75, 3.05) is 13.2 Å². The summed E-state index contributed by atoms with van der Waals surface area (Å²) in [7, 11) is 0. The second-order valence-corrected chi connectivity index (χ2v) is 6.44. The second-order valence-electron chi connectivity index (χ2n) is 6.44. The molecule has 0 aliphatic rings. The van der Waals surface area contributed by atoms with E-state index in [9.17, 15) is 4.79 Å². The molecule has 2 N–H and O–H groups in total. The topological polar surface area (TPSA) is 63.2 Å². The molecule has 0 aliphatic carbocycles. The Bertz CT molecular complexity index is 854. The van der Waals surface area contributed by atoms with Crippen LogP contribution >= 0.6 is 0 Å². The van der Waals surface area contributed by atoms with Gasteiger partial charge < -0.3 is 15.4 Å². The highest BCUT2D eigenvalue weighted by Crippen LogP contribution is 2.13. The van der Waals surface area contributed by atoms with Crippen molar-refractivity contribution in [3.8, 4) is 5.75 Å². The summed E-state index contributed by atoms with van der Waals surface area (Å²) in [6.45, 7) is 2.73. The predicted molar refractivity (Wildman–Crippen MR) is 110 cm³/mol. The number of benzene rings is 2. The normalized spacial score (nSPS) is 10.4. The zero-order valence-electron chi connectivity index (χ0n) is 15.8. The molecule has 0 atom stereocenters. The molecular weight excluding hydrogens is 350 g/mol.